The molecule has 5 rings (SSSR count). The monoisotopic (exact) mass is 406 g/mol. The summed E-state index contributed by atoms with van der Waals surface area (Å²) in [5.74, 6) is 0.133. The number of hydrogen-bond donors (Lipinski definition) is 0. The summed E-state index contributed by atoms with van der Waals surface area (Å²) >= 11 is 0. The number of carbonyl (C=O) groups excluding carboxylic acids is 1. The van der Waals surface area contributed by atoms with Crippen LogP contribution in [0.15, 0.2) is 64.1 Å². The number of aromatic nitrogens is 1. The number of nitrogens with zero attached hydrogens (tertiary/aromatic N) is 4. The zero-order valence-corrected chi connectivity index (χ0v) is 15.9. The molecular formula is C21H18N4O5. The van der Waals surface area contributed by atoms with Crippen LogP contribution in [0.1, 0.15) is 23.6 Å². The van der Waals surface area contributed by atoms with Gasteiger partial charge in [0.05, 0.1) is 4.92 Å². The average molecular weight is 406 g/mol. The Morgan fingerprint density at radius 3 is 2.67 bits per heavy atom. The molecule has 9 nitrogen and oxygen atoms in total. The lowest BCUT2D eigenvalue weighted by Crippen LogP contribution is -2.45. The summed E-state index contributed by atoms with van der Waals surface area (Å²) in [6.45, 7) is 2.10. The van der Waals surface area contributed by atoms with Crippen molar-refractivity contribution in [3.05, 3.63) is 86.1 Å². The number of ether oxygens (including phenoxy) is 1. The van der Waals surface area contributed by atoms with Crippen LogP contribution in [-0.2, 0) is 16.1 Å². The van der Waals surface area contributed by atoms with Crippen molar-refractivity contribution in [3.8, 4) is 0 Å². The number of esters is 1. The smallest absolute Gasteiger partial charge is 0.365 e. The number of rotatable bonds is 3. The third-order valence-corrected chi connectivity index (χ3v) is 5.76. The Morgan fingerprint density at radius 2 is 1.90 bits per heavy atom. The van der Waals surface area contributed by atoms with Gasteiger partial charge in [0.2, 0.25) is 5.90 Å². The van der Waals surface area contributed by atoms with Crippen LogP contribution in [0.25, 0.3) is 0 Å². The molecule has 4 heterocycles. The zero-order chi connectivity index (χ0) is 20.8. The number of nitro groups is 1. The van der Waals surface area contributed by atoms with Crippen molar-refractivity contribution >= 4 is 17.6 Å². The molecule has 0 N–H and O–H groups in total. The normalized spacial score (nSPS) is 23.7. The quantitative estimate of drug-likeness (QED) is 0.334. The summed E-state index contributed by atoms with van der Waals surface area (Å²) in [6.07, 6.45) is 2.74. The first kappa shape index (κ1) is 18.3. The molecule has 9 heteroatoms. The number of hydrogen-bond acceptors (Lipinski definition) is 7. The van der Waals surface area contributed by atoms with E-state index >= 15 is 0 Å². The van der Waals surface area contributed by atoms with E-state index in [4.69, 9.17) is 4.74 Å². The van der Waals surface area contributed by atoms with Crippen molar-refractivity contribution < 1.29 is 14.5 Å². The minimum atomic E-state index is -0.546. The molecule has 3 aliphatic heterocycles. The first-order valence-electron chi connectivity index (χ1n) is 9.69. The van der Waals surface area contributed by atoms with Crippen molar-refractivity contribution in [1.82, 2.24) is 9.47 Å². The molecule has 2 unspecified atom stereocenters. The van der Waals surface area contributed by atoms with Crippen molar-refractivity contribution in [2.45, 2.75) is 18.9 Å². The maximum atomic E-state index is 12.3. The second-order valence-corrected chi connectivity index (χ2v) is 7.78. The Kier molecular flexibility index (Phi) is 4.23. The highest BCUT2D eigenvalue weighted by atomic mass is 16.6. The molecule has 0 aliphatic carbocycles. The molecular weight excluding hydrogens is 388 g/mol. The minimum absolute atomic E-state index is 0.0331. The molecule has 0 saturated carbocycles. The molecule has 3 aliphatic rings. The number of cyclic esters (lactones) is 1. The topological polar surface area (TPSA) is 107 Å². The van der Waals surface area contributed by atoms with E-state index in [0.29, 0.717) is 24.6 Å². The van der Waals surface area contributed by atoms with Crippen LogP contribution in [0.4, 0.5) is 5.69 Å². The standard InChI is InChI=1S/C21H18N4O5/c26-19-3-1-2-18-15-8-13(10-24(18)19)9-23(11-15)12-17-21(27)30-20(22-17)14-4-6-16(7-5-14)25(28)29/h1-7,12-13,15H,8-11H2/b17-12-. The number of benzene rings is 1. The molecule has 1 fully saturated rings. The molecule has 1 saturated heterocycles. The Balaban J connectivity index is 1.38. The molecule has 30 heavy (non-hydrogen) atoms. The number of non-ortho nitro benzene ring substituents is 1. The van der Waals surface area contributed by atoms with Gasteiger partial charge in [-0.05, 0) is 30.5 Å². The van der Waals surface area contributed by atoms with Gasteiger partial charge in [0.1, 0.15) is 0 Å². The van der Waals surface area contributed by atoms with Gasteiger partial charge in [0.15, 0.2) is 5.70 Å². The molecule has 1 aromatic heterocycles. The molecule has 0 radical (unpaired) electrons. The van der Waals surface area contributed by atoms with Crippen LogP contribution in [0.3, 0.4) is 0 Å². The van der Waals surface area contributed by atoms with Crippen LogP contribution < -0.4 is 5.56 Å². The van der Waals surface area contributed by atoms with Gasteiger partial charge >= 0.3 is 5.97 Å². The summed E-state index contributed by atoms with van der Waals surface area (Å²) in [5, 5.41) is 10.8. The molecule has 2 bridgehead atoms. The summed E-state index contributed by atoms with van der Waals surface area (Å²) in [7, 11) is 0. The van der Waals surface area contributed by atoms with Gasteiger partial charge in [-0.15, -0.1) is 0 Å². The Morgan fingerprint density at radius 1 is 1.10 bits per heavy atom. The van der Waals surface area contributed by atoms with Gasteiger partial charge in [-0.1, -0.05) is 6.07 Å². The molecule has 2 aromatic rings. The third kappa shape index (κ3) is 3.18. The highest BCUT2D eigenvalue weighted by Crippen LogP contribution is 2.35. The van der Waals surface area contributed by atoms with Gasteiger partial charge in [-0.2, -0.15) is 0 Å². The summed E-state index contributed by atoms with van der Waals surface area (Å²) in [5.41, 5.74) is 1.73. The van der Waals surface area contributed by atoms with E-state index in [1.807, 2.05) is 10.6 Å². The van der Waals surface area contributed by atoms with E-state index < -0.39 is 10.9 Å². The lowest BCUT2D eigenvalue weighted by Gasteiger charge is -2.42. The Bertz CT molecular complexity index is 1160. The maximum Gasteiger partial charge on any atom is 0.365 e. The molecule has 0 spiro atoms. The molecule has 1 aromatic carbocycles. The second-order valence-electron chi connectivity index (χ2n) is 7.78. The van der Waals surface area contributed by atoms with E-state index in [9.17, 15) is 19.7 Å². The van der Waals surface area contributed by atoms with E-state index in [1.54, 1.807) is 18.3 Å². The van der Waals surface area contributed by atoms with Crippen molar-refractivity contribution in [2.24, 2.45) is 10.9 Å². The average Bonchev–Trinajstić information content (AvgIpc) is 3.09. The lowest BCUT2D eigenvalue weighted by molar-refractivity contribution is -0.384. The number of fused-ring (bicyclic) bond motifs is 4. The zero-order valence-electron chi connectivity index (χ0n) is 15.9. The van der Waals surface area contributed by atoms with Crippen molar-refractivity contribution in [3.63, 3.8) is 0 Å². The van der Waals surface area contributed by atoms with Crippen LogP contribution in [0.5, 0.6) is 0 Å². The van der Waals surface area contributed by atoms with Gasteiger partial charge in [0, 0.05) is 61.2 Å². The highest BCUT2D eigenvalue weighted by molar-refractivity contribution is 6.11. The summed E-state index contributed by atoms with van der Waals surface area (Å²) in [4.78, 5) is 41.1. The predicted octanol–water partition coefficient (Wildman–Crippen LogP) is 2.02. The Hall–Kier alpha value is -3.75. The van der Waals surface area contributed by atoms with E-state index in [0.717, 1.165) is 18.7 Å². The first-order valence-corrected chi connectivity index (χ1v) is 9.69. The van der Waals surface area contributed by atoms with Gasteiger partial charge < -0.3 is 14.2 Å². The summed E-state index contributed by atoms with van der Waals surface area (Å²) in [6, 6.07) is 11.1. The Labute approximate surface area is 171 Å². The summed E-state index contributed by atoms with van der Waals surface area (Å²) < 4.78 is 7.13. The van der Waals surface area contributed by atoms with Gasteiger partial charge in [-0.25, -0.2) is 9.79 Å². The second kappa shape index (κ2) is 6.94. The van der Waals surface area contributed by atoms with Crippen LogP contribution >= 0.6 is 0 Å². The number of piperidine rings is 1. The van der Waals surface area contributed by atoms with Gasteiger partial charge in [-0.3, -0.25) is 14.9 Å². The van der Waals surface area contributed by atoms with Crippen molar-refractivity contribution in [1.29, 1.82) is 0 Å². The SMILES string of the molecule is O=C1OC(c2ccc([N+](=O)[O-])cc2)=N/C1=C\N1CC2CC(C1)c1cccc(=O)n1C2. The third-order valence-electron chi connectivity index (χ3n) is 5.76. The molecule has 0 amide bonds. The van der Waals surface area contributed by atoms with Crippen LogP contribution in [-0.4, -0.2) is 39.3 Å². The lowest BCUT2D eigenvalue weighted by atomic mass is 9.83. The van der Waals surface area contributed by atoms with E-state index in [2.05, 4.69) is 9.89 Å². The van der Waals surface area contributed by atoms with Gasteiger partial charge in [0.25, 0.3) is 11.2 Å². The maximum absolute atomic E-state index is 12.3. The highest BCUT2D eigenvalue weighted by Gasteiger charge is 2.34. The fourth-order valence-corrected chi connectivity index (χ4v) is 4.46. The number of pyridine rings is 1. The fourth-order valence-electron chi connectivity index (χ4n) is 4.46. The number of likely N-dealkylation sites (tertiary alicyclic amines) is 1. The van der Waals surface area contributed by atoms with Crippen molar-refractivity contribution in [2.75, 3.05) is 13.1 Å². The van der Waals surface area contributed by atoms with E-state index in [1.165, 1.54) is 24.3 Å². The molecule has 152 valence electrons. The van der Waals surface area contributed by atoms with Crippen LogP contribution in [0.2, 0.25) is 0 Å². The molecule has 2 atom stereocenters. The number of carbonyl (C=O) groups is 1. The van der Waals surface area contributed by atoms with E-state index in [-0.39, 0.29) is 28.8 Å². The minimum Gasteiger partial charge on any atom is -0.402 e. The number of nitro benzene ring substituents is 1. The van der Waals surface area contributed by atoms with Crippen LogP contribution in [0, 0.1) is 16.0 Å². The number of aliphatic imine (C=N–C) groups is 1. The first-order chi connectivity index (χ1) is 14.5. The fraction of sp³-hybridized carbons (Fsp3) is 0.286. The largest absolute Gasteiger partial charge is 0.402 e. The predicted molar refractivity (Wildman–Crippen MR) is 107 cm³/mol.